The zero-order chi connectivity index (χ0) is 71.1. The van der Waals surface area contributed by atoms with Crippen LogP contribution in [0, 0.1) is 0 Å². The summed E-state index contributed by atoms with van der Waals surface area (Å²) in [5, 5.41) is 42.7. The molecule has 0 radical (unpaired) electrons. The summed E-state index contributed by atoms with van der Waals surface area (Å²) in [5.74, 6) is -3.43. The number of nitrogens with zero attached hydrogens (tertiary/aromatic N) is 4. The molecule has 0 amide bonds. The number of hydrogen-bond donors (Lipinski definition) is 5. The monoisotopic (exact) mass is 1310 g/mol. The van der Waals surface area contributed by atoms with E-state index in [2.05, 4.69) is 53.9 Å². The zero-order valence-electron chi connectivity index (χ0n) is 57.1. The summed E-state index contributed by atoms with van der Waals surface area (Å²) in [7, 11) is 19.8. The second-order valence-corrected chi connectivity index (χ2v) is 22.5. The van der Waals surface area contributed by atoms with Crippen molar-refractivity contribution in [2.24, 2.45) is 0 Å². The van der Waals surface area contributed by atoms with E-state index in [1.807, 2.05) is 94.7 Å². The molecule has 6 aromatic rings. The third-order valence-electron chi connectivity index (χ3n) is 12.2. The van der Waals surface area contributed by atoms with Crippen LogP contribution in [0.3, 0.4) is 0 Å². The number of nitrogens with one attached hydrogen (secondary N) is 1. The molecule has 0 aromatic heterocycles. The van der Waals surface area contributed by atoms with Gasteiger partial charge in [-0.15, -0.1) is 0 Å². The van der Waals surface area contributed by atoms with Gasteiger partial charge in [-0.05, 0) is 177 Å². The number of benzene rings is 6. The van der Waals surface area contributed by atoms with Crippen LogP contribution in [0.25, 0.3) is 33.4 Å². The Bertz CT molecular complexity index is 3160. The molecule has 510 valence electrons. The van der Waals surface area contributed by atoms with Gasteiger partial charge in [-0.25, -0.2) is 0 Å². The van der Waals surface area contributed by atoms with Crippen molar-refractivity contribution in [1.29, 1.82) is 0 Å². The summed E-state index contributed by atoms with van der Waals surface area (Å²) in [6, 6.07) is 28.5. The maximum Gasteiger partial charge on any atom is 0.310 e. The summed E-state index contributed by atoms with van der Waals surface area (Å²) in [4.78, 5) is 97.8. The van der Waals surface area contributed by atoms with Crippen molar-refractivity contribution in [3.63, 3.8) is 0 Å². The van der Waals surface area contributed by atoms with Crippen LogP contribution in [-0.4, -0.2) is 158 Å². The molecule has 0 aliphatic rings. The highest BCUT2D eigenvalue weighted by Gasteiger charge is 2.23. The molecule has 0 fully saturated rings. The van der Waals surface area contributed by atoms with Crippen LogP contribution in [0.1, 0.15) is 99.9 Å². The average Bonchev–Trinajstić information content (AvgIpc) is 0.798. The van der Waals surface area contributed by atoms with Crippen LogP contribution in [0.4, 0.5) is 0 Å². The number of carbonyl (C=O) groups excluding carboxylic acids is 8. The maximum atomic E-state index is 11.9. The van der Waals surface area contributed by atoms with Gasteiger partial charge in [0, 0.05) is 126 Å². The smallest absolute Gasteiger partial charge is 0.310 e. The average molecular weight is 1310 g/mol. The SMILES string of the molecule is CC(=O)OC(C)=O.CC(=O)OCc1cc(-c2cc(COC(C)=O)c(OC(C)=O)c(COC(C)=O)c2)cc(COC(C)=O)c1OC(C)=O.CN(C)Cc1cc(-c2cc(CN(C)C)c(O)c(CN(C)C)c2)cc(CN(C)C)c1O.CNC.Oc1ccc(-c2ccc(O)cc2)cc1. The Hall–Kier alpha value is -9.72. The minimum absolute atomic E-state index is 0.0514. The molecule has 0 aliphatic carbocycles. The van der Waals surface area contributed by atoms with Crippen LogP contribution < -0.4 is 14.8 Å². The lowest BCUT2D eigenvalue weighted by molar-refractivity contribution is -0.156. The lowest BCUT2D eigenvalue weighted by Gasteiger charge is -2.21. The number of rotatable bonds is 21. The van der Waals surface area contributed by atoms with E-state index in [-0.39, 0.29) is 71.7 Å². The van der Waals surface area contributed by atoms with Crippen LogP contribution in [0.2, 0.25) is 0 Å². The Morgan fingerprint density at radius 1 is 0.319 bits per heavy atom. The third kappa shape index (κ3) is 30.1. The Balaban J connectivity index is 0.000000482. The van der Waals surface area contributed by atoms with Crippen molar-refractivity contribution in [2.75, 3.05) is 70.5 Å². The van der Waals surface area contributed by atoms with E-state index in [1.165, 1.54) is 55.4 Å². The van der Waals surface area contributed by atoms with Gasteiger partial charge in [-0.1, -0.05) is 24.3 Å². The first kappa shape index (κ1) is 80.4. The zero-order valence-corrected chi connectivity index (χ0v) is 57.1. The quantitative estimate of drug-likeness (QED) is 0.0194. The molecule has 24 heteroatoms. The number of ether oxygens (including phenoxy) is 7. The molecule has 0 aliphatic heterocycles. The number of phenolic OH excluding ortho intramolecular Hbond substituents is 4. The van der Waals surface area contributed by atoms with E-state index in [0.717, 1.165) is 44.5 Å². The molecule has 6 rings (SSSR count). The van der Waals surface area contributed by atoms with Crippen molar-refractivity contribution < 1.29 is 91.9 Å². The molecule has 24 nitrogen and oxygen atoms in total. The Kier molecular flexibility index (Phi) is 34.5. The van der Waals surface area contributed by atoms with Gasteiger partial charge in [0.15, 0.2) is 0 Å². The fourth-order valence-electron chi connectivity index (χ4n) is 8.75. The van der Waals surface area contributed by atoms with Gasteiger partial charge in [0.1, 0.15) is 60.9 Å². The second-order valence-electron chi connectivity index (χ2n) is 22.5. The molecule has 0 spiro atoms. The number of aromatic hydroxyl groups is 4. The fraction of sp³-hybridized carbons (Fsp3) is 0.371. The number of carbonyl (C=O) groups is 8. The van der Waals surface area contributed by atoms with Crippen molar-refractivity contribution in [3.8, 4) is 67.9 Å². The van der Waals surface area contributed by atoms with Crippen molar-refractivity contribution in [1.82, 2.24) is 24.9 Å². The van der Waals surface area contributed by atoms with Gasteiger partial charge < -0.3 is 78.5 Å². The fourth-order valence-corrected chi connectivity index (χ4v) is 8.75. The van der Waals surface area contributed by atoms with Crippen LogP contribution >= 0.6 is 0 Å². The molecule has 5 N–H and O–H groups in total. The first-order chi connectivity index (χ1) is 44.0. The molecule has 0 saturated carbocycles. The van der Waals surface area contributed by atoms with Gasteiger partial charge in [0.05, 0.1) is 0 Å². The number of phenols is 4. The molecule has 6 aromatic carbocycles. The first-order valence-corrected chi connectivity index (χ1v) is 29.4. The highest BCUT2D eigenvalue weighted by Crippen LogP contribution is 2.39. The van der Waals surface area contributed by atoms with E-state index in [0.29, 0.717) is 48.8 Å². The molecule has 0 unspecified atom stereocenters. The van der Waals surface area contributed by atoms with E-state index >= 15 is 0 Å². The summed E-state index contributed by atoms with van der Waals surface area (Å²) >= 11 is 0. The van der Waals surface area contributed by atoms with Crippen LogP contribution in [0.15, 0.2) is 97.1 Å². The van der Waals surface area contributed by atoms with Crippen LogP contribution in [0.5, 0.6) is 34.5 Å². The van der Waals surface area contributed by atoms with E-state index in [4.69, 9.17) is 38.6 Å². The predicted molar refractivity (Wildman–Crippen MR) is 354 cm³/mol. The Morgan fingerprint density at radius 2 is 0.521 bits per heavy atom. The minimum Gasteiger partial charge on any atom is -0.508 e. The van der Waals surface area contributed by atoms with Crippen molar-refractivity contribution in [3.05, 3.63) is 142 Å². The Morgan fingerprint density at radius 3 is 0.681 bits per heavy atom. The summed E-state index contributed by atoms with van der Waals surface area (Å²) < 4.78 is 35.3. The van der Waals surface area contributed by atoms with Gasteiger partial charge in [0.2, 0.25) is 0 Å². The van der Waals surface area contributed by atoms with Gasteiger partial charge in [-0.3, -0.25) is 38.4 Å². The maximum absolute atomic E-state index is 11.9. The first-order valence-electron chi connectivity index (χ1n) is 29.4. The molecular weight excluding hydrogens is 1210 g/mol. The summed E-state index contributed by atoms with van der Waals surface area (Å²) in [5.41, 5.74) is 9.89. The Labute approximate surface area is 550 Å². The van der Waals surface area contributed by atoms with Crippen molar-refractivity contribution in [2.45, 2.75) is 108 Å². The molecule has 0 heterocycles. The highest BCUT2D eigenvalue weighted by atomic mass is 16.6. The van der Waals surface area contributed by atoms with E-state index < -0.39 is 47.8 Å². The van der Waals surface area contributed by atoms with E-state index in [1.54, 1.807) is 48.5 Å². The normalized spacial score (nSPS) is 10.4. The van der Waals surface area contributed by atoms with E-state index in [9.17, 15) is 48.6 Å². The topological polar surface area (TPSA) is 307 Å². The number of hydrogen-bond acceptors (Lipinski definition) is 24. The largest absolute Gasteiger partial charge is 0.508 e. The molecule has 0 saturated heterocycles. The predicted octanol–water partition coefficient (Wildman–Crippen LogP) is 9.16. The lowest BCUT2D eigenvalue weighted by Crippen LogP contribution is -2.15. The van der Waals surface area contributed by atoms with Gasteiger partial charge >= 0.3 is 47.8 Å². The highest BCUT2D eigenvalue weighted by molar-refractivity contribution is 5.82. The third-order valence-corrected chi connectivity index (χ3v) is 12.2. The van der Waals surface area contributed by atoms with Gasteiger partial charge in [-0.2, -0.15) is 0 Å². The summed E-state index contributed by atoms with van der Waals surface area (Å²) in [6.45, 7) is 11.1. The molecule has 94 heavy (non-hydrogen) atoms. The molecule has 0 bridgehead atoms. The lowest BCUT2D eigenvalue weighted by atomic mass is 9.94. The molecular formula is C70H91N5O19. The summed E-state index contributed by atoms with van der Waals surface area (Å²) in [6.07, 6.45) is 0. The minimum atomic E-state index is -0.654. The van der Waals surface area contributed by atoms with Crippen LogP contribution in [-0.2, 0) is 115 Å². The second kappa shape index (κ2) is 40.3. The molecule has 0 atom stereocenters. The standard InChI is InChI=1S/C28H30O12.C24H38N4O2.C12H10O2.C4H6O3.C2H7N/c1-15(29)35-11-23-7-21(8-24(12-36-16(2)30)27(23)39-19(5)33)22-9-25(13-37-17(3)31)28(40-20(6)34)26(10-22)14-38-18(4)32;1-25(2)13-19-9-17(10-20(23(19)29)14-26(3)4)18-11-21(15-27(5)6)24(30)22(12-18)16-28(7)8;13-11-5-1-9(2-6-11)10-3-7-12(14)8-4-10;1-3(5)7-4(2)6;1-3-2/h7-10H,11-14H2,1-6H3;9-12,29-30H,13-16H2,1-8H3;1-8,13-14H;1-2H3;3H,1-2H3. The van der Waals surface area contributed by atoms with Crippen molar-refractivity contribution >= 4 is 47.8 Å². The number of esters is 8. The van der Waals surface area contributed by atoms with Gasteiger partial charge in [0.25, 0.3) is 0 Å².